The zero-order chi connectivity index (χ0) is 13.7. The van der Waals surface area contributed by atoms with Crippen LogP contribution in [0.3, 0.4) is 0 Å². The smallest absolute Gasteiger partial charge is 0.126 e. The van der Waals surface area contributed by atoms with Crippen LogP contribution in [-0.4, -0.2) is 24.5 Å². The molecule has 1 unspecified atom stereocenters. The Morgan fingerprint density at radius 3 is 2.37 bits per heavy atom. The number of hydrogen-bond acceptors (Lipinski definition) is 2. The monoisotopic (exact) mass is 264 g/mol. The van der Waals surface area contributed by atoms with Gasteiger partial charge in [0.15, 0.2) is 0 Å². The number of hydrogen-bond donors (Lipinski definition) is 1. The SMILES string of the molecule is Cc1ccc(C(CN)N2CCCCCCC2)cc1F. The van der Waals surface area contributed by atoms with Crippen LogP contribution < -0.4 is 5.73 Å². The van der Waals surface area contributed by atoms with Gasteiger partial charge in [-0.1, -0.05) is 31.4 Å². The van der Waals surface area contributed by atoms with Crippen LogP contribution in [-0.2, 0) is 0 Å². The fourth-order valence-electron chi connectivity index (χ4n) is 2.90. The largest absolute Gasteiger partial charge is 0.329 e. The first-order chi connectivity index (χ1) is 9.22. The molecule has 2 N–H and O–H groups in total. The molecule has 0 radical (unpaired) electrons. The van der Waals surface area contributed by atoms with Crippen molar-refractivity contribution in [2.45, 2.75) is 45.1 Å². The topological polar surface area (TPSA) is 29.3 Å². The Morgan fingerprint density at radius 2 is 1.79 bits per heavy atom. The Balaban J connectivity index is 2.14. The third-order valence-electron chi connectivity index (χ3n) is 4.14. The maximum absolute atomic E-state index is 13.7. The van der Waals surface area contributed by atoms with E-state index in [1.54, 1.807) is 13.0 Å². The van der Waals surface area contributed by atoms with Crippen molar-refractivity contribution in [1.29, 1.82) is 0 Å². The van der Waals surface area contributed by atoms with Gasteiger partial charge in [0.1, 0.15) is 5.82 Å². The first-order valence-corrected chi connectivity index (χ1v) is 7.42. The highest BCUT2D eigenvalue weighted by Crippen LogP contribution is 2.24. The van der Waals surface area contributed by atoms with E-state index in [1.807, 2.05) is 12.1 Å². The van der Waals surface area contributed by atoms with Gasteiger partial charge >= 0.3 is 0 Å². The van der Waals surface area contributed by atoms with Crippen molar-refractivity contribution in [2.24, 2.45) is 5.73 Å². The lowest BCUT2D eigenvalue weighted by molar-refractivity contribution is 0.183. The van der Waals surface area contributed by atoms with E-state index < -0.39 is 0 Å². The first kappa shape index (κ1) is 14.5. The van der Waals surface area contributed by atoms with Gasteiger partial charge in [-0.2, -0.15) is 0 Å². The summed E-state index contributed by atoms with van der Waals surface area (Å²) in [6, 6.07) is 5.70. The molecule has 1 heterocycles. The summed E-state index contributed by atoms with van der Waals surface area (Å²) in [5, 5.41) is 0. The Labute approximate surface area is 115 Å². The summed E-state index contributed by atoms with van der Waals surface area (Å²) in [5.41, 5.74) is 7.67. The highest BCUT2D eigenvalue weighted by molar-refractivity contribution is 5.26. The lowest BCUT2D eigenvalue weighted by Crippen LogP contribution is -2.36. The fourth-order valence-corrected chi connectivity index (χ4v) is 2.90. The second-order valence-electron chi connectivity index (χ2n) is 5.56. The molecule has 1 atom stereocenters. The third-order valence-corrected chi connectivity index (χ3v) is 4.14. The highest BCUT2D eigenvalue weighted by atomic mass is 19.1. The van der Waals surface area contributed by atoms with Gasteiger partial charge in [0.25, 0.3) is 0 Å². The summed E-state index contributed by atoms with van der Waals surface area (Å²) in [5.74, 6) is -0.122. The van der Waals surface area contributed by atoms with E-state index >= 15 is 0 Å². The van der Waals surface area contributed by atoms with Crippen molar-refractivity contribution in [3.63, 3.8) is 0 Å². The van der Waals surface area contributed by atoms with Crippen LogP contribution in [0.1, 0.15) is 49.3 Å². The summed E-state index contributed by atoms with van der Waals surface area (Å²) in [6.45, 7) is 4.52. The highest BCUT2D eigenvalue weighted by Gasteiger charge is 2.20. The number of nitrogens with zero attached hydrogens (tertiary/aromatic N) is 1. The second-order valence-corrected chi connectivity index (χ2v) is 5.56. The Hall–Kier alpha value is -0.930. The zero-order valence-electron chi connectivity index (χ0n) is 11.9. The van der Waals surface area contributed by atoms with Crippen LogP contribution in [0, 0.1) is 12.7 Å². The van der Waals surface area contributed by atoms with Crippen LogP contribution >= 0.6 is 0 Å². The minimum absolute atomic E-state index is 0.122. The molecule has 3 heteroatoms. The average Bonchev–Trinajstić information content (AvgIpc) is 2.36. The van der Waals surface area contributed by atoms with Crippen LogP contribution in [0.15, 0.2) is 18.2 Å². The predicted molar refractivity (Wildman–Crippen MR) is 77.6 cm³/mol. The minimum atomic E-state index is -0.122. The molecule has 1 aliphatic rings. The molecule has 19 heavy (non-hydrogen) atoms. The van der Waals surface area contributed by atoms with Crippen LogP contribution in [0.4, 0.5) is 4.39 Å². The predicted octanol–water partition coefficient (Wildman–Crippen LogP) is 3.40. The normalized spacial score (nSPS) is 19.7. The van der Waals surface area contributed by atoms with Gasteiger partial charge in [-0.05, 0) is 50.0 Å². The lowest BCUT2D eigenvalue weighted by atomic mass is 10.0. The molecule has 2 nitrogen and oxygen atoms in total. The number of rotatable bonds is 3. The molecule has 1 aromatic carbocycles. The Kier molecular flexibility index (Phi) is 5.34. The molecule has 1 aromatic rings. The molecule has 1 fully saturated rings. The molecular formula is C16H25FN2. The molecule has 0 aliphatic carbocycles. The number of aryl methyl sites for hydroxylation is 1. The number of halogens is 1. The summed E-state index contributed by atoms with van der Waals surface area (Å²) in [4.78, 5) is 2.43. The maximum Gasteiger partial charge on any atom is 0.126 e. The summed E-state index contributed by atoms with van der Waals surface area (Å²) in [6.07, 6.45) is 6.40. The van der Waals surface area contributed by atoms with Gasteiger partial charge in [-0.15, -0.1) is 0 Å². The molecule has 106 valence electrons. The van der Waals surface area contributed by atoms with Gasteiger partial charge in [0.05, 0.1) is 0 Å². The quantitative estimate of drug-likeness (QED) is 0.906. The van der Waals surface area contributed by atoms with E-state index in [0.29, 0.717) is 12.1 Å². The van der Waals surface area contributed by atoms with Crippen molar-refractivity contribution in [1.82, 2.24) is 4.90 Å². The van der Waals surface area contributed by atoms with Gasteiger partial charge in [0.2, 0.25) is 0 Å². The summed E-state index contributed by atoms with van der Waals surface area (Å²) in [7, 11) is 0. The minimum Gasteiger partial charge on any atom is -0.329 e. The van der Waals surface area contributed by atoms with Crippen molar-refractivity contribution in [3.05, 3.63) is 35.1 Å². The van der Waals surface area contributed by atoms with Crippen molar-refractivity contribution >= 4 is 0 Å². The van der Waals surface area contributed by atoms with Crippen molar-refractivity contribution in [2.75, 3.05) is 19.6 Å². The fraction of sp³-hybridized carbons (Fsp3) is 0.625. The molecule has 1 aliphatic heterocycles. The molecule has 1 saturated heterocycles. The second kappa shape index (κ2) is 7.01. The molecular weight excluding hydrogens is 239 g/mol. The van der Waals surface area contributed by atoms with Gasteiger partial charge in [-0.3, -0.25) is 4.90 Å². The van der Waals surface area contributed by atoms with Gasteiger partial charge < -0.3 is 5.73 Å². The molecule has 0 saturated carbocycles. The summed E-state index contributed by atoms with van der Waals surface area (Å²) < 4.78 is 13.7. The van der Waals surface area contributed by atoms with Gasteiger partial charge in [-0.25, -0.2) is 4.39 Å². The lowest BCUT2D eigenvalue weighted by Gasteiger charge is -2.32. The van der Waals surface area contributed by atoms with Gasteiger partial charge in [0, 0.05) is 12.6 Å². The van der Waals surface area contributed by atoms with Crippen LogP contribution in [0.5, 0.6) is 0 Å². The van der Waals surface area contributed by atoms with Crippen LogP contribution in [0.2, 0.25) is 0 Å². The Bertz CT molecular complexity index is 398. The van der Waals surface area contributed by atoms with E-state index in [4.69, 9.17) is 5.73 Å². The summed E-state index contributed by atoms with van der Waals surface area (Å²) >= 11 is 0. The van der Waals surface area contributed by atoms with E-state index in [2.05, 4.69) is 4.90 Å². The van der Waals surface area contributed by atoms with Crippen LogP contribution in [0.25, 0.3) is 0 Å². The van der Waals surface area contributed by atoms with Crippen molar-refractivity contribution < 1.29 is 4.39 Å². The standard InChI is InChI=1S/C16H25FN2/c1-13-7-8-14(11-15(13)17)16(12-18)19-9-5-3-2-4-6-10-19/h7-8,11,16H,2-6,9-10,12,18H2,1H3. The van der Waals surface area contributed by atoms with E-state index in [9.17, 15) is 4.39 Å². The molecule has 0 bridgehead atoms. The van der Waals surface area contributed by atoms with E-state index in [1.165, 1.54) is 32.1 Å². The van der Waals surface area contributed by atoms with Crippen molar-refractivity contribution in [3.8, 4) is 0 Å². The molecule has 0 amide bonds. The van der Waals surface area contributed by atoms with E-state index in [-0.39, 0.29) is 11.9 Å². The molecule has 2 rings (SSSR count). The number of likely N-dealkylation sites (tertiary alicyclic amines) is 1. The number of nitrogens with two attached hydrogens (primary N) is 1. The maximum atomic E-state index is 13.7. The molecule has 0 aromatic heterocycles. The zero-order valence-corrected chi connectivity index (χ0v) is 11.9. The molecule has 0 spiro atoms. The van der Waals surface area contributed by atoms with E-state index in [0.717, 1.165) is 18.7 Å². The Morgan fingerprint density at radius 1 is 1.16 bits per heavy atom. The first-order valence-electron chi connectivity index (χ1n) is 7.42. The number of benzene rings is 1. The average molecular weight is 264 g/mol. The third kappa shape index (κ3) is 3.77.